The second kappa shape index (κ2) is 5.90. The van der Waals surface area contributed by atoms with Gasteiger partial charge in [0, 0.05) is 6.54 Å². The molecular formula is C14H18N4O3. The lowest BCUT2D eigenvalue weighted by Gasteiger charge is -2.21. The van der Waals surface area contributed by atoms with Crippen molar-refractivity contribution < 1.29 is 14.7 Å². The van der Waals surface area contributed by atoms with Gasteiger partial charge in [-0.05, 0) is 25.0 Å². The number of amides is 2. The number of para-hydroxylation sites is 1. The number of unbranched alkanes of at least 4 members (excludes halogenated alkanes) is 1. The van der Waals surface area contributed by atoms with E-state index >= 15 is 0 Å². The lowest BCUT2D eigenvalue weighted by molar-refractivity contribution is -0.127. The van der Waals surface area contributed by atoms with Crippen molar-refractivity contribution in [2.24, 2.45) is 9.98 Å². The Morgan fingerprint density at radius 2 is 2.10 bits per heavy atom. The third-order valence-corrected chi connectivity index (χ3v) is 3.19. The first-order valence-electron chi connectivity index (χ1n) is 6.83. The van der Waals surface area contributed by atoms with Crippen LogP contribution in [0.1, 0.15) is 25.3 Å². The van der Waals surface area contributed by atoms with Gasteiger partial charge in [0.05, 0.1) is 10.7 Å². The molecule has 0 radical (unpaired) electrons. The zero-order valence-electron chi connectivity index (χ0n) is 12.0. The Hall–Kier alpha value is -2.44. The average Bonchev–Trinajstić information content (AvgIpc) is 2.79. The molecular weight excluding hydrogens is 272 g/mol. The summed E-state index contributed by atoms with van der Waals surface area (Å²) in [5.74, 6) is -2.39. The van der Waals surface area contributed by atoms with E-state index in [9.17, 15) is 9.59 Å². The van der Waals surface area contributed by atoms with Crippen LogP contribution in [0.2, 0.25) is 0 Å². The summed E-state index contributed by atoms with van der Waals surface area (Å²) < 4.78 is 0. The first-order valence-corrected chi connectivity index (χ1v) is 6.83. The molecule has 0 aliphatic carbocycles. The Morgan fingerprint density at radius 1 is 1.33 bits per heavy atom. The fourth-order valence-electron chi connectivity index (χ4n) is 2.11. The van der Waals surface area contributed by atoms with Gasteiger partial charge in [0.15, 0.2) is 0 Å². The monoisotopic (exact) mass is 290 g/mol. The van der Waals surface area contributed by atoms with Crippen LogP contribution in [0.15, 0.2) is 28.2 Å². The van der Waals surface area contributed by atoms with E-state index in [2.05, 4.69) is 20.6 Å². The van der Waals surface area contributed by atoms with E-state index in [4.69, 9.17) is 5.11 Å². The van der Waals surface area contributed by atoms with Crippen LogP contribution < -0.4 is 21.3 Å². The molecule has 0 aromatic heterocycles. The number of carboxylic acid groups (broad SMARTS) is 1. The number of fused-ring (bicyclic) bond motifs is 1. The Kier molecular flexibility index (Phi) is 4.21. The lowest BCUT2D eigenvalue weighted by atomic mass is 10.2. The normalized spacial score (nSPS) is 19.1. The van der Waals surface area contributed by atoms with Gasteiger partial charge >= 0.3 is 11.9 Å². The van der Waals surface area contributed by atoms with Crippen LogP contribution >= 0.6 is 0 Å². The minimum atomic E-state index is -1.83. The van der Waals surface area contributed by atoms with Crippen molar-refractivity contribution in [2.75, 3.05) is 6.54 Å². The maximum Gasteiger partial charge on any atom is 0.408 e. The van der Waals surface area contributed by atoms with E-state index < -0.39 is 17.8 Å². The molecule has 0 bridgehead atoms. The summed E-state index contributed by atoms with van der Waals surface area (Å²) in [6, 6.07) is 5.33. The first kappa shape index (κ1) is 15.0. The summed E-state index contributed by atoms with van der Waals surface area (Å²) in [5.41, 5.74) is 0.840. The zero-order chi connectivity index (χ0) is 15.5. The van der Waals surface area contributed by atoms with Crippen LogP contribution in [-0.4, -0.2) is 29.4 Å². The highest BCUT2D eigenvalue weighted by atomic mass is 16.4. The van der Waals surface area contributed by atoms with Crippen LogP contribution in [-0.2, 0) is 4.79 Å². The molecule has 1 unspecified atom stereocenters. The summed E-state index contributed by atoms with van der Waals surface area (Å²) in [5, 5.41) is 14.8. The van der Waals surface area contributed by atoms with E-state index in [1.54, 1.807) is 12.1 Å². The van der Waals surface area contributed by atoms with E-state index in [-0.39, 0.29) is 0 Å². The van der Waals surface area contributed by atoms with Gasteiger partial charge in [-0.15, -0.1) is 0 Å². The van der Waals surface area contributed by atoms with E-state index in [1.807, 2.05) is 19.9 Å². The van der Waals surface area contributed by atoms with Crippen molar-refractivity contribution in [3.05, 3.63) is 34.5 Å². The number of aryl methyl sites for hydroxylation is 1. The minimum Gasteiger partial charge on any atom is -0.465 e. The molecule has 7 nitrogen and oxygen atoms in total. The molecule has 2 amide bonds. The van der Waals surface area contributed by atoms with Gasteiger partial charge in [0.1, 0.15) is 0 Å². The third-order valence-electron chi connectivity index (χ3n) is 3.19. The molecule has 1 aliphatic rings. The van der Waals surface area contributed by atoms with Crippen molar-refractivity contribution in [2.45, 2.75) is 32.5 Å². The zero-order valence-corrected chi connectivity index (χ0v) is 12.0. The van der Waals surface area contributed by atoms with E-state index in [0.29, 0.717) is 17.3 Å². The van der Waals surface area contributed by atoms with Gasteiger partial charge in [-0.1, -0.05) is 25.5 Å². The Labute approximate surface area is 121 Å². The summed E-state index contributed by atoms with van der Waals surface area (Å²) in [6.07, 6.45) is 0.382. The molecule has 0 saturated carbocycles. The molecule has 1 heterocycles. The molecule has 3 N–H and O–H groups in total. The van der Waals surface area contributed by atoms with Crippen LogP contribution in [0.3, 0.4) is 0 Å². The molecule has 1 atom stereocenters. The van der Waals surface area contributed by atoms with Crippen LogP contribution in [0.4, 0.5) is 4.79 Å². The number of hydrogen-bond acceptors (Lipinski definition) is 4. The number of hydrogen-bond donors (Lipinski definition) is 3. The molecule has 1 aromatic carbocycles. The van der Waals surface area contributed by atoms with Gasteiger partial charge in [-0.25, -0.2) is 14.8 Å². The number of carbonyl (C=O) groups excluding carboxylic acids is 1. The highest BCUT2D eigenvalue weighted by Gasteiger charge is 2.41. The van der Waals surface area contributed by atoms with Crippen molar-refractivity contribution in [1.82, 2.24) is 10.6 Å². The van der Waals surface area contributed by atoms with Crippen molar-refractivity contribution >= 4 is 12.0 Å². The van der Waals surface area contributed by atoms with E-state index in [0.717, 1.165) is 18.4 Å². The molecule has 21 heavy (non-hydrogen) atoms. The molecule has 1 aromatic rings. The number of carbonyl (C=O) groups is 2. The van der Waals surface area contributed by atoms with Crippen molar-refractivity contribution in [3.8, 4) is 0 Å². The van der Waals surface area contributed by atoms with Gasteiger partial charge in [0.2, 0.25) is 0 Å². The molecule has 0 saturated heterocycles. The molecule has 1 aliphatic heterocycles. The standard InChI is InChI=1S/C14H18N4O3/c1-3-4-8-15-12(19)14(18-13(20)21)16-10-7-5-6-9(2)11(10)17-14/h5-7,18H,3-4,8H2,1-2H3,(H,15,19)(H,20,21). The van der Waals surface area contributed by atoms with Gasteiger partial charge in [-0.2, -0.15) is 0 Å². The molecule has 112 valence electrons. The average molecular weight is 290 g/mol. The highest BCUT2D eigenvalue weighted by Crippen LogP contribution is 2.11. The quantitative estimate of drug-likeness (QED) is 0.669. The molecule has 7 heteroatoms. The number of nitrogens with one attached hydrogen (secondary N) is 2. The molecule has 2 rings (SSSR count). The largest absolute Gasteiger partial charge is 0.465 e. The molecule has 0 fully saturated rings. The van der Waals surface area contributed by atoms with Crippen LogP contribution in [0, 0.1) is 6.92 Å². The first-order chi connectivity index (χ1) is 9.98. The van der Waals surface area contributed by atoms with Crippen LogP contribution in [0.5, 0.6) is 0 Å². The summed E-state index contributed by atoms with van der Waals surface area (Å²) in [4.78, 5) is 31.8. The molecule has 0 spiro atoms. The van der Waals surface area contributed by atoms with Crippen molar-refractivity contribution in [3.63, 3.8) is 0 Å². The van der Waals surface area contributed by atoms with Gasteiger partial charge in [0.25, 0.3) is 5.91 Å². The Morgan fingerprint density at radius 3 is 2.71 bits per heavy atom. The van der Waals surface area contributed by atoms with E-state index in [1.165, 1.54) is 0 Å². The second-order valence-electron chi connectivity index (χ2n) is 4.88. The van der Waals surface area contributed by atoms with Gasteiger partial charge in [-0.3, -0.25) is 10.1 Å². The fraction of sp³-hybridized carbons (Fsp3) is 0.429. The Bertz CT molecular complexity index is 686. The predicted octanol–water partition coefficient (Wildman–Crippen LogP) is 0.0855. The number of nitrogens with zero attached hydrogens (tertiary/aromatic N) is 2. The maximum absolute atomic E-state index is 12.3. The summed E-state index contributed by atoms with van der Waals surface area (Å²) >= 11 is 0. The summed E-state index contributed by atoms with van der Waals surface area (Å²) in [6.45, 7) is 4.30. The van der Waals surface area contributed by atoms with Crippen LogP contribution in [0.25, 0.3) is 0 Å². The number of rotatable bonds is 5. The summed E-state index contributed by atoms with van der Waals surface area (Å²) in [7, 11) is 0. The predicted molar refractivity (Wildman–Crippen MR) is 75.3 cm³/mol. The third kappa shape index (κ3) is 3.01. The lowest BCUT2D eigenvalue weighted by Crippen LogP contribution is -2.56. The fourth-order valence-corrected chi connectivity index (χ4v) is 2.11. The van der Waals surface area contributed by atoms with Crippen molar-refractivity contribution in [1.29, 1.82) is 0 Å². The minimum absolute atomic E-state index is 0.457. The number of benzene rings is 1. The SMILES string of the molecule is CCCCNC(=O)C1(NC(=O)O)N=c2cccc(C)c2=N1. The second-order valence-corrected chi connectivity index (χ2v) is 4.88. The topological polar surface area (TPSA) is 103 Å². The highest BCUT2D eigenvalue weighted by molar-refractivity contribution is 5.89. The smallest absolute Gasteiger partial charge is 0.408 e. The Balaban J connectivity index is 2.39. The maximum atomic E-state index is 12.3. The van der Waals surface area contributed by atoms with Gasteiger partial charge < -0.3 is 10.4 Å².